The van der Waals surface area contributed by atoms with E-state index in [0.717, 1.165) is 44.0 Å². The second kappa shape index (κ2) is 9.67. The van der Waals surface area contributed by atoms with Crippen molar-refractivity contribution in [3.05, 3.63) is 63.8 Å². The van der Waals surface area contributed by atoms with Crippen molar-refractivity contribution in [1.29, 1.82) is 0 Å². The Morgan fingerprint density at radius 1 is 1.15 bits per heavy atom. The topological polar surface area (TPSA) is 49.0 Å². The molecule has 0 aromatic carbocycles. The Bertz CT molecular complexity index is 732. The van der Waals surface area contributed by atoms with Crippen LogP contribution in [0.25, 0.3) is 0 Å². The van der Waals surface area contributed by atoms with Crippen LogP contribution in [0.1, 0.15) is 55.8 Å². The average molecular weight is 354 g/mol. The van der Waals surface area contributed by atoms with Crippen molar-refractivity contribution in [2.75, 3.05) is 13.1 Å². The Kier molecular flexibility index (Phi) is 7.01. The van der Waals surface area contributed by atoms with Crippen molar-refractivity contribution < 1.29 is 0 Å². The lowest BCUT2D eigenvalue weighted by molar-refractivity contribution is 0.172. The molecule has 2 aromatic heterocycles. The van der Waals surface area contributed by atoms with E-state index in [1.807, 2.05) is 18.3 Å². The van der Waals surface area contributed by atoms with Crippen LogP contribution in [0.3, 0.4) is 0 Å². The number of rotatable bonds is 8. The van der Waals surface area contributed by atoms with E-state index in [1.54, 1.807) is 6.20 Å². The molecule has 1 fully saturated rings. The van der Waals surface area contributed by atoms with E-state index < -0.39 is 0 Å². The molecular weight excluding hydrogens is 322 g/mol. The fourth-order valence-corrected chi connectivity index (χ4v) is 3.88. The van der Waals surface area contributed by atoms with Crippen molar-refractivity contribution in [2.45, 2.75) is 58.4 Å². The van der Waals surface area contributed by atoms with Gasteiger partial charge in [-0.25, -0.2) is 0 Å². The van der Waals surface area contributed by atoms with E-state index in [0.29, 0.717) is 0 Å². The molecule has 3 rings (SSSR count). The summed E-state index contributed by atoms with van der Waals surface area (Å²) in [5.74, 6) is 0.791. The van der Waals surface area contributed by atoms with Crippen molar-refractivity contribution in [3.8, 4) is 0 Å². The number of nitrogens with one attached hydrogen (secondary N) is 1. The third-order valence-electron chi connectivity index (χ3n) is 5.57. The summed E-state index contributed by atoms with van der Waals surface area (Å²) < 4.78 is 0. The van der Waals surface area contributed by atoms with Crippen molar-refractivity contribution in [3.63, 3.8) is 0 Å². The molecular formula is C22H31N3O. The SMILES string of the molecule is CCCCc1ncccc1CCC1CCN(Cc2ccc[nH]c2=O)CC1. The minimum Gasteiger partial charge on any atom is -0.329 e. The average Bonchev–Trinajstić information content (AvgIpc) is 2.68. The largest absolute Gasteiger partial charge is 0.329 e. The predicted molar refractivity (Wildman–Crippen MR) is 106 cm³/mol. The number of hydrogen-bond donors (Lipinski definition) is 1. The summed E-state index contributed by atoms with van der Waals surface area (Å²) >= 11 is 0. The van der Waals surface area contributed by atoms with Gasteiger partial charge in [0.1, 0.15) is 0 Å². The van der Waals surface area contributed by atoms with Crippen LogP contribution in [-0.4, -0.2) is 28.0 Å². The summed E-state index contributed by atoms with van der Waals surface area (Å²) in [6.07, 6.45) is 12.0. The Balaban J connectivity index is 1.46. The molecule has 0 aliphatic carbocycles. The molecule has 1 aliphatic heterocycles. The van der Waals surface area contributed by atoms with Gasteiger partial charge in [0, 0.05) is 30.2 Å². The number of unbranched alkanes of at least 4 members (excludes halogenated alkanes) is 1. The highest BCUT2D eigenvalue weighted by Gasteiger charge is 2.20. The molecule has 3 heterocycles. The van der Waals surface area contributed by atoms with Gasteiger partial charge in [-0.2, -0.15) is 0 Å². The van der Waals surface area contributed by atoms with E-state index >= 15 is 0 Å². The highest BCUT2D eigenvalue weighted by atomic mass is 16.1. The molecule has 140 valence electrons. The van der Waals surface area contributed by atoms with Crippen LogP contribution in [0.15, 0.2) is 41.5 Å². The van der Waals surface area contributed by atoms with E-state index in [9.17, 15) is 4.79 Å². The number of aromatic amines is 1. The number of hydrogen-bond acceptors (Lipinski definition) is 3. The maximum absolute atomic E-state index is 11.8. The van der Waals surface area contributed by atoms with Crippen molar-refractivity contribution in [2.24, 2.45) is 5.92 Å². The number of pyridine rings is 2. The summed E-state index contributed by atoms with van der Waals surface area (Å²) in [5, 5.41) is 0. The third-order valence-corrected chi connectivity index (χ3v) is 5.57. The molecule has 1 N–H and O–H groups in total. The van der Waals surface area contributed by atoms with Crippen LogP contribution >= 0.6 is 0 Å². The Morgan fingerprint density at radius 3 is 2.73 bits per heavy atom. The number of aryl methyl sites for hydroxylation is 2. The first-order chi connectivity index (χ1) is 12.8. The molecule has 0 spiro atoms. The van der Waals surface area contributed by atoms with E-state index in [2.05, 4.69) is 33.9 Å². The van der Waals surface area contributed by atoms with Crippen LogP contribution in [0, 0.1) is 5.92 Å². The summed E-state index contributed by atoms with van der Waals surface area (Å²) in [5.41, 5.74) is 3.67. The van der Waals surface area contributed by atoms with Gasteiger partial charge in [0.15, 0.2) is 0 Å². The van der Waals surface area contributed by atoms with Crippen molar-refractivity contribution in [1.82, 2.24) is 14.9 Å². The molecule has 4 nitrogen and oxygen atoms in total. The molecule has 0 bridgehead atoms. The van der Waals surface area contributed by atoms with Gasteiger partial charge in [-0.1, -0.05) is 25.5 Å². The summed E-state index contributed by atoms with van der Waals surface area (Å²) in [4.78, 5) is 21.6. The monoisotopic (exact) mass is 353 g/mol. The Morgan fingerprint density at radius 2 is 1.96 bits per heavy atom. The number of likely N-dealkylation sites (tertiary alicyclic amines) is 1. The van der Waals surface area contributed by atoms with Gasteiger partial charge in [0.2, 0.25) is 0 Å². The molecule has 0 unspecified atom stereocenters. The van der Waals surface area contributed by atoms with Crippen LogP contribution in [0.5, 0.6) is 0 Å². The van der Waals surface area contributed by atoms with Crippen LogP contribution in [0.4, 0.5) is 0 Å². The first-order valence-electron chi connectivity index (χ1n) is 10.1. The second-order valence-electron chi connectivity index (χ2n) is 7.50. The zero-order valence-corrected chi connectivity index (χ0v) is 15.9. The molecule has 0 atom stereocenters. The smallest absolute Gasteiger partial charge is 0.252 e. The van der Waals surface area contributed by atoms with Gasteiger partial charge in [-0.15, -0.1) is 0 Å². The molecule has 1 aliphatic rings. The van der Waals surface area contributed by atoms with Gasteiger partial charge < -0.3 is 4.98 Å². The number of nitrogens with zero attached hydrogens (tertiary/aromatic N) is 2. The lowest BCUT2D eigenvalue weighted by Crippen LogP contribution is -2.35. The second-order valence-corrected chi connectivity index (χ2v) is 7.50. The fraction of sp³-hybridized carbons (Fsp3) is 0.545. The van der Waals surface area contributed by atoms with Gasteiger partial charge in [-0.3, -0.25) is 14.7 Å². The molecule has 0 radical (unpaired) electrons. The molecule has 0 saturated carbocycles. The summed E-state index contributed by atoms with van der Waals surface area (Å²) in [6.45, 7) is 5.19. The molecule has 4 heteroatoms. The van der Waals surface area contributed by atoms with Gasteiger partial charge in [0.25, 0.3) is 5.56 Å². The quantitative estimate of drug-likeness (QED) is 0.781. The van der Waals surface area contributed by atoms with Gasteiger partial charge in [0.05, 0.1) is 0 Å². The summed E-state index contributed by atoms with van der Waals surface area (Å²) in [7, 11) is 0. The minimum absolute atomic E-state index is 0.0470. The number of aromatic nitrogens is 2. The highest BCUT2D eigenvalue weighted by Crippen LogP contribution is 2.24. The van der Waals surface area contributed by atoms with Crippen LogP contribution in [-0.2, 0) is 19.4 Å². The molecule has 0 amide bonds. The lowest BCUT2D eigenvalue weighted by atomic mass is 9.89. The maximum Gasteiger partial charge on any atom is 0.252 e. The molecule has 1 saturated heterocycles. The standard InChI is InChI=1S/C22H31N3O/c1-2-3-8-21-19(6-4-13-23-21)10-9-18-11-15-25(16-12-18)17-20-7-5-14-24-22(20)26/h4-7,13-14,18H,2-3,8-12,15-17H2,1H3,(H,24,26). The zero-order valence-electron chi connectivity index (χ0n) is 15.9. The van der Waals surface area contributed by atoms with Gasteiger partial charge >= 0.3 is 0 Å². The Labute approximate surface area is 156 Å². The maximum atomic E-state index is 11.8. The van der Waals surface area contributed by atoms with Gasteiger partial charge in [-0.05, 0) is 75.2 Å². The number of H-pyrrole nitrogens is 1. The van der Waals surface area contributed by atoms with E-state index in [1.165, 1.54) is 43.4 Å². The highest BCUT2D eigenvalue weighted by molar-refractivity contribution is 5.20. The first kappa shape index (κ1) is 18.8. The predicted octanol–water partition coefficient (Wildman–Crippen LogP) is 3.96. The molecule has 2 aromatic rings. The van der Waals surface area contributed by atoms with E-state index in [-0.39, 0.29) is 5.56 Å². The fourth-order valence-electron chi connectivity index (χ4n) is 3.88. The summed E-state index contributed by atoms with van der Waals surface area (Å²) in [6, 6.07) is 8.18. The van der Waals surface area contributed by atoms with Crippen molar-refractivity contribution >= 4 is 0 Å². The Hall–Kier alpha value is -1.94. The minimum atomic E-state index is 0.0470. The zero-order chi connectivity index (χ0) is 18.2. The van der Waals surface area contributed by atoms with Crippen LogP contribution < -0.4 is 5.56 Å². The molecule has 26 heavy (non-hydrogen) atoms. The van der Waals surface area contributed by atoms with E-state index in [4.69, 9.17) is 0 Å². The normalized spacial score (nSPS) is 16.0. The third kappa shape index (κ3) is 5.28. The lowest BCUT2D eigenvalue weighted by Gasteiger charge is -2.31. The first-order valence-corrected chi connectivity index (χ1v) is 10.1. The van der Waals surface area contributed by atoms with Crippen LogP contribution in [0.2, 0.25) is 0 Å². The number of piperidine rings is 1.